The van der Waals surface area contributed by atoms with Gasteiger partial charge in [0.2, 0.25) is 0 Å². The van der Waals surface area contributed by atoms with Crippen molar-refractivity contribution in [3.63, 3.8) is 0 Å². The molecule has 0 amide bonds. The predicted octanol–water partition coefficient (Wildman–Crippen LogP) is 13.7. The van der Waals surface area contributed by atoms with Crippen LogP contribution in [0.5, 0.6) is 0 Å². The summed E-state index contributed by atoms with van der Waals surface area (Å²) in [6.45, 7) is 6.05. The zero-order chi connectivity index (χ0) is 41.5. The minimum Gasteiger partial charge on any atom is -0.462 e. The molecule has 0 aromatic carbocycles. The average Bonchev–Trinajstić information content (AvgIpc) is 3.21. The molecule has 0 aromatic rings. The maximum Gasteiger partial charge on any atom is 0.306 e. The monoisotopic (exact) mass is 783 g/mol. The minimum atomic E-state index is -0.849. The van der Waals surface area contributed by atoms with Gasteiger partial charge in [-0.25, -0.2) is 0 Å². The van der Waals surface area contributed by atoms with Gasteiger partial charge < -0.3 is 14.2 Å². The second kappa shape index (κ2) is 44.0. The predicted molar refractivity (Wildman–Crippen MR) is 242 cm³/mol. The molecule has 0 saturated carbocycles. The molecule has 0 radical (unpaired) electrons. The molecule has 6 heteroatoms. The molecule has 6 nitrogen and oxygen atoms in total. The highest BCUT2D eigenvalue weighted by atomic mass is 16.6. The van der Waals surface area contributed by atoms with Crippen LogP contribution >= 0.6 is 0 Å². The van der Waals surface area contributed by atoms with Crippen molar-refractivity contribution in [2.45, 2.75) is 142 Å². The topological polar surface area (TPSA) is 78.9 Å². The van der Waals surface area contributed by atoms with Gasteiger partial charge in [-0.05, 0) is 77.0 Å². The van der Waals surface area contributed by atoms with Crippen LogP contribution in [-0.2, 0) is 28.6 Å². The van der Waals surface area contributed by atoms with Crippen LogP contribution < -0.4 is 0 Å². The molecule has 0 spiro atoms. The maximum absolute atomic E-state index is 12.7. The van der Waals surface area contributed by atoms with E-state index < -0.39 is 12.1 Å². The van der Waals surface area contributed by atoms with Crippen molar-refractivity contribution in [2.24, 2.45) is 0 Å². The summed E-state index contributed by atoms with van der Waals surface area (Å²) < 4.78 is 16.5. The lowest BCUT2D eigenvalue weighted by atomic mass is 10.1. The first kappa shape index (κ1) is 52.3. The van der Waals surface area contributed by atoms with E-state index in [-0.39, 0.29) is 38.0 Å². The first-order valence-corrected chi connectivity index (χ1v) is 21.5. The van der Waals surface area contributed by atoms with Crippen molar-refractivity contribution in [1.29, 1.82) is 0 Å². The quantitative estimate of drug-likeness (QED) is 0.0209. The second-order valence-electron chi connectivity index (χ2n) is 13.3. The second-order valence-corrected chi connectivity index (χ2v) is 13.3. The van der Waals surface area contributed by atoms with E-state index in [1.807, 2.05) is 85.1 Å². The molecule has 1 atom stereocenters. The van der Waals surface area contributed by atoms with Crippen molar-refractivity contribution in [1.82, 2.24) is 0 Å². The third-order valence-electron chi connectivity index (χ3n) is 8.04. The number of allylic oxidation sites excluding steroid dienone is 24. The van der Waals surface area contributed by atoms with E-state index >= 15 is 0 Å². The lowest BCUT2D eigenvalue weighted by Crippen LogP contribution is -2.30. The van der Waals surface area contributed by atoms with Gasteiger partial charge in [-0.3, -0.25) is 14.4 Å². The van der Waals surface area contributed by atoms with Gasteiger partial charge in [-0.15, -0.1) is 0 Å². The molecule has 0 N–H and O–H groups in total. The van der Waals surface area contributed by atoms with Crippen LogP contribution in [0.4, 0.5) is 0 Å². The first-order valence-electron chi connectivity index (χ1n) is 21.5. The summed E-state index contributed by atoms with van der Waals surface area (Å²) in [4.78, 5) is 37.6. The van der Waals surface area contributed by atoms with Crippen molar-refractivity contribution >= 4 is 17.9 Å². The lowest BCUT2D eigenvalue weighted by Gasteiger charge is -2.18. The smallest absolute Gasteiger partial charge is 0.306 e. The molecule has 57 heavy (non-hydrogen) atoms. The largest absolute Gasteiger partial charge is 0.462 e. The van der Waals surface area contributed by atoms with E-state index in [1.54, 1.807) is 0 Å². The number of ether oxygens (including phenoxy) is 3. The van der Waals surface area contributed by atoms with Gasteiger partial charge in [0.05, 0.1) is 0 Å². The summed E-state index contributed by atoms with van der Waals surface area (Å²) in [5, 5.41) is 0. The number of hydrogen-bond acceptors (Lipinski definition) is 6. The molecule has 0 bridgehead atoms. The number of rotatable bonds is 35. The Morgan fingerprint density at radius 1 is 0.368 bits per heavy atom. The maximum atomic E-state index is 12.7. The number of hydrogen-bond donors (Lipinski definition) is 0. The number of esters is 3. The zero-order valence-electron chi connectivity index (χ0n) is 35.5. The molecule has 0 rings (SSSR count). The summed E-state index contributed by atoms with van der Waals surface area (Å²) in [7, 11) is 0. The molecule has 0 fully saturated rings. The van der Waals surface area contributed by atoms with Crippen molar-refractivity contribution < 1.29 is 28.6 Å². The highest BCUT2D eigenvalue weighted by Gasteiger charge is 2.19. The number of carbonyl (C=O) groups excluding carboxylic acids is 3. The van der Waals surface area contributed by atoms with Gasteiger partial charge in [0, 0.05) is 19.3 Å². The van der Waals surface area contributed by atoms with Crippen LogP contribution in [0, 0.1) is 0 Å². The standard InChI is InChI=1S/C51H74O6/c1-4-7-10-13-16-19-22-24-25-27-29-32-35-38-41-44-50(53)56-47-48(46-55-49(52)43-40-37-34-31-28-21-18-15-12-9-6-3)57-51(54)45-42-39-36-33-30-26-23-20-17-14-11-8-5-2/h7-14,16-26,30-31,33-34,36,48H,4-6,15,27-29,32,35,37-47H2,1-3H3/b10-7-,11-8-,12-9-,16-13-,17-14-,21-18-,22-19-,23-20-,25-24-,30-26-,34-31-,36-33-. The third-order valence-corrected chi connectivity index (χ3v) is 8.04. The number of carbonyl (C=O) groups is 3. The Morgan fingerprint density at radius 3 is 1.26 bits per heavy atom. The van der Waals surface area contributed by atoms with E-state index in [0.717, 1.165) is 77.0 Å². The van der Waals surface area contributed by atoms with Crippen LogP contribution in [0.25, 0.3) is 0 Å². The fraction of sp³-hybridized carbons (Fsp3) is 0.471. The highest BCUT2D eigenvalue weighted by Crippen LogP contribution is 2.10. The van der Waals surface area contributed by atoms with Crippen LogP contribution in [0.2, 0.25) is 0 Å². The Bertz CT molecular complexity index is 1360. The third kappa shape index (κ3) is 42.3. The Balaban J connectivity index is 4.65. The first-order chi connectivity index (χ1) is 28.0. The van der Waals surface area contributed by atoms with Crippen LogP contribution in [0.3, 0.4) is 0 Å². The Hall–Kier alpha value is -4.71. The highest BCUT2D eigenvalue weighted by molar-refractivity contribution is 5.71. The van der Waals surface area contributed by atoms with Crippen molar-refractivity contribution in [3.05, 3.63) is 146 Å². The van der Waals surface area contributed by atoms with Gasteiger partial charge in [-0.2, -0.15) is 0 Å². The molecule has 0 saturated heterocycles. The van der Waals surface area contributed by atoms with Crippen LogP contribution in [0.15, 0.2) is 146 Å². The van der Waals surface area contributed by atoms with E-state index in [1.165, 1.54) is 0 Å². The molecule has 0 aliphatic rings. The fourth-order valence-electron chi connectivity index (χ4n) is 4.91. The molecule has 0 heterocycles. The van der Waals surface area contributed by atoms with E-state index in [0.29, 0.717) is 25.7 Å². The molecule has 1 unspecified atom stereocenters. The fourth-order valence-corrected chi connectivity index (χ4v) is 4.91. The SMILES string of the molecule is CC\C=C/C=C\C=C/C=C\C=C/CCCC(=O)OC(COC(=O)CCC/C=C\C/C=C\C/C=C\CC)COC(=O)CCCCCCC\C=C/C=C\C=C/C=C\CC. The van der Waals surface area contributed by atoms with Gasteiger partial charge >= 0.3 is 17.9 Å². The van der Waals surface area contributed by atoms with Crippen molar-refractivity contribution in [2.75, 3.05) is 13.2 Å². The Labute approximate surface area is 347 Å². The van der Waals surface area contributed by atoms with Crippen LogP contribution in [-0.4, -0.2) is 37.2 Å². The summed E-state index contributed by atoms with van der Waals surface area (Å²) in [5.74, 6) is -1.12. The van der Waals surface area contributed by atoms with Gasteiger partial charge in [-0.1, -0.05) is 186 Å². The van der Waals surface area contributed by atoms with E-state index in [2.05, 4.69) is 81.5 Å². The average molecular weight is 783 g/mol. The summed E-state index contributed by atoms with van der Waals surface area (Å²) >= 11 is 0. The number of unbranched alkanes of at least 4 members (excludes halogenated alkanes) is 7. The summed E-state index contributed by atoms with van der Waals surface area (Å²) in [5.41, 5.74) is 0. The molecule has 314 valence electrons. The van der Waals surface area contributed by atoms with Crippen LogP contribution in [0.1, 0.15) is 136 Å². The normalized spacial score (nSPS) is 13.5. The molecule has 0 aliphatic heterocycles. The lowest BCUT2D eigenvalue weighted by molar-refractivity contribution is -0.167. The minimum absolute atomic E-state index is 0.142. The van der Waals surface area contributed by atoms with Gasteiger partial charge in [0.15, 0.2) is 6.10 Å². The zero-order valence-corrected chi connectivity index (χ0v) is 35.5. The van der Waals surface area contributed by atoms with Gasteiger partial charge in [0.1, 0.15) is 13.2 Å². The Morgan fingerprint density at radius 2 is 0.737 bits per heavy atom. The molecule has 0 aliphatic carbocycles. The summed E-state index contributed by atoms with van der Waals surface area (Å²) in [6, 6.07) is 0. The van der Waals surface area contributed by atoms with E-state index in [9.17, 15) is 14.4 Å². The van der Waals surface area contributed by atoms with Crippen molar-refractivity contribution in [3.8, 4) is 0 Å². The Kier molecular flexibility index (Phi) is 40.4. The molecular weight excluding hydrogens is 709 g/mol. The molecular formula is C51H74O6. The van der Waals surface area contributed by atoms with E-state index in [4.69, 9.17) is 14.2 Å². The summed E-state index contributed by atoms with van der Waals surface area (Å²) in [6.07, 6.45) is 62.7. The van der Waals surface area contributed by atoms with Gasteiger partial charge in [0.25, 0.3) is 0 Å². The molecule has 0 aromatic heterocycles.